The summed E-state index contributed by atoms with van der Waals surface area (Å²) in [6.07, 6.45) is -1.90. The van der Waals surface area contributed by atoms with Crippen LogP contribution in [0.15, 0.2) is 60.7 Å². The van der Waals surface area contributed by atoms with Crippen LogP contribution in [0.4, 0.5) is 4.79 Å². The van der Waals surface area contributed by atoms with Crippen LogP contribution in [0.25, 0.3) is 0 Å². The molecule has 1 amide bonds. The molecule has 1 unspecified atom stereocenters. The second-order valence-electron chi connectivity index (χ2n) is 5.96. The van der Waals surface area contributed by atoms with E-state index in [1.165, 1.54) is 4.90 Å². The Balaban J connectivity index is 1.59. The summed E-state index contributed by atoms with van der Waals surface area (Å²) < 4.78 is 5.26. The molecule has 1 heterocycles. The van der Waals surface area contributed by atoms with Gasteiger partial charge >= 0.3 is 6.09 Å². The van der Waals surface area contributed by atoms with Gasteiger partial charge in [0.05, 0.1) is 6.10 Å². The van der Waals surface area contributed by atoms with Gasteiger partial charge in [-0.2, -0.15) is 0 Å². The standard InChI is InChI=1S/C19H21NO4/c21-17(15-9-5-2-6-10-15)16-11-12-20(18(16)22)19(23)24-13-14-7-3-1-4-8-14/h1-10,16-18,21-22H,11-13H2/t16-,17-,18?/m1/s1. The summed E-state index contributed by atoms with van der Waals surface area (Å²) in [5, 5.41) is 20.9. The summed E-state index contributed by atoms with van der Waals surface area (Å²) in [7, 11) is 0. The highest BCUT2D eigenvalue weighted by atomic mass is 16.6. The smallest absolute Gasteiger partial charge is 0.412 e. The molecule has 0 aromatic heterocycles. The zero-order valence-corrected chi connectivity index (χ0v) is 13.3. The molecule has 0 saturated carbocycles. The number of carbonyl (C=O) groups excluding carboxylic acids is 1. The fourth-order valence-corrected chi connectivity index (χ4v) is 3.02. The van der Waals surface area contributed by atoms with Crippen LogP contribution in [-0.4, -0.2) is 34.0 Å². The molecule has 5 heteroatoms. The van der Waals surface area contributed by atoms with Crippen molar-refractivity contribution in [2.75, 3.05) is 6.54 Å². The highest BCUT2D eigenvalue weighted by molar-refractivity contribution is 5.68. The van der Waals surface area contributed by atoms with Gasteiger partial charge in [0.1, 0.15) is 12.8 Å². The Labute approximate surface area is 141 Å². The number of nitrogens with zero attached hydrogens (tertiary/aromatic N) is 1. The third-order valence-corrected chi connectivity index (χ3v) is 4.39. The van der Waals surface area contributed by atoms with Crippen molar-refractivity contribution >= 4 is 6.09 Å². The molecule has 0 radical (unpaired) electrons. The summed E-state index contributed by atoms with van der Waals surface area (Å²) in [6, 6.07) is 18.6. The molecular weight excluding hydrogens is 306 g/mol. The maximum Gasteiger partial charge on any atom is 0.412 e. The van der Waals surface area contributed by atoms with Gasteiger partial charge in [-0.25, -0.2) is 4.79 Å². The van der Waals surface area contributed by atoms with Crippen LogP contribution < -0.4 is 0 Å². The van der Waals surface area contributed by atoms with Gasteiger partial charge in [0, 0.05) is 12.5 Å². The Morgan fingerprint density at radius 1 is 1.12 bits per heavy atom. The van der Waals surface area contributed by atoms with Crippen LogP contribution in [0, 0.1) is 5.92 Å². The van der Waals surface area contributed by atoms with E-state index in [9.17, 15) is 15.0 Å². The van der Waals surface area contributed by atoms with Gasteiger partial charge in [-0.05, 0) is 17.5 Å². The van der Waals surface area contributed by atoms with Gasteiger partial charge in [-0.15, -0.1) is 0 Å². The maximum atomic E-state index is 12.2. The first-order chi connectivity index (χ1) is 11.7. The van der Waals surface area contributed by atoms with Crippen molar-refractivity contribution in [3.63, 3.8) is 0 Å². The Morgan fingerprint density at radius 2 is 1.75 bits per heavy atom. The summed E-state index contributed by atoms with van der Waals surface area (Å²) in [5.74, 6) is -0.420. The van der Waals surface area contributed by atoms with E-state index in [1.807, 2.05) is 60.7 Å². The van der Waals surface area contributed by atoms with E-state index in [4.69, 9.17) is 4.74 Å². The molecule has 3 rings (SSSR count). The monoisotopic (exact) mass is 327 g/mol. The van der Waals surface area contributed by atoms with E-state index in [1.54, 1.807) is 0 Å². The van der Waals surface area contributed by atoms with Crippen molar-refractivity contribution in [3.05, 3.63) is 71.8 Å². The minimum Gasteiger partial charge on any atom is -0.444 e. The molecule has 5 nitrogen and oxygen atoms in total. The van der Waals surface area contributed by atoms with Gasteiger partial charge < -0.3 is 14.9 Å². The predicted molar refractivity (Wildman–Crippen MR) is 88.8 cm³/mol. The predicted octanol–water partition coefficient (Wildman–Crippen LogP) is 2.70. The van der Waals surface area contributed by atoms with Crippen molar-refractivity contribution in [1.29, 1.82) is 0 Å². The first kappa shape index (κ1) is 16.5. The first-order valence-corrected chi connectivity index (χ1v) is 8.05. The first-order valence-electron chi connectivity index (χ1n) is 8.05. The van der Waals surface area contributed by atoms with Crippen molar-refractivity contribution in [2.45, 2.75) is 25.4 Å². The number of rotatable bonds is 4. The molecule has 1 aliphatic heterocycles. The highest BCUT2D eigenvalue weighted by Crippen LogP contribution is 2.34. The Kier molecular flexibility index (Phi) is 5.13. The lowest BCUT2D eigenvalue weighted by atomic mass is 9.94. The summed E-state index contributed by atoms with van der Waals surface area (Å²) >= 11 is 0. The second kappa shape index (κ2) is 7.47. The van der Waals surface area contributed by atoms with Crippen LogP contribution in [0.3, 0.4) is 0 Å². The normalized spacial score (nSPS) is 21.5. The maximum absolute atomic E-state index is 12.2. The van der Waals surface area contributed by atoms with E-state index in [2.05, 4.69) is 0 Å². The lowest BCUT2D eigenvalue weighted by Crippen LogP contribution is -2.39. The minimum atomic E-state index is -1.05. The Bertz CT molecular complexity index is 662. The van der Waals surface area contributed by atoms with E-state index in [0.717, 1.165) is 11.1 Å². The Hall–Kier alpha value is -2.37. The Morgan fingerprint density at radius 3 is 2.42 bits per heavy atom. The number of amides is 1. The number of carbonyl (C=O) groups is 1. The number of ether oxygens (including phenoxy) is 1. The van der Waals surface area contributed by atoms with Crippen molar-refractivity contribution in [3.8, 4) is 0 Å². The molecule has 0 bridgehead atoms. The number of hydrogen-bond donors (Lipinski definition) is 2. The van der Waals surface area contributed by atoms with Crippen LogP contribution in [0.5, 0.6) is 0 Å². The van der Waals surface area contributed by atoms with Crippen LogP contribution in [-0.2, 0) is 11.3 Å². The molecule has 24 heavy (non-hydrogen) atoms. The molecule has 1 fully saturated rings. The van der Waals surface area contributed by atoms with Gasteiger partial charge in [-0.1, -0.05) is 60.7 Å². The van der Waals surface area contributed by atoms with Gasteiger partial charge in [0.15, 0.2) is 0 Å². The highest BCUT2D eigenvalue weighted by Gasteiger charge is 2.40. The fourth-order valence-electron chi connectivity index (χ4n) is 3.02. The largest absolute Gasteiger partial charge is 0.444 e. The number of benzene rings is 2. The van der Waals surface area contributed by atoms with E-state index in [-0.39, 0.29) is 6.61 Å². The van der Waals surface area contributed by atoms with Gasteiger partial charge in [0.2, 0.25) is 0 Å². The topological polar surface area (TPSA) is 70.0 Å². The molecule has 1 saturated heterocycles. The van der Waals surface area contributed by atoms with Crippen molar-refractivity contribution < 1.29 is 19.7 Å². The molecule has 2 aromatic carbocycles. The minimum absolute atomic E-state index is 0.162. The molecule has 0 aliphatic carbocycles. The number of hydrogen-bond acceptors (Lipinski definition) is 4. The molecule has 0 spiro atoms. The third-order valence-electron chi connectivity index (χ3n) is 4.39. The molecule has 2 aromatic rings. The lowest BCUT2D eigenvalue weighted by molar-refractivity contribution is -0.0350. The summed E-state index contributed by atoms with van der Waals surface area (Å²) in [6.45, 7) is 0.526. The third kappa shape index (κ3) is 3.58. The van der Waals surface area contributed by atoms with Gasteiger partial charge in [0.25, 0.3) is 0 Å². The van der Waals surface area contributed by atoms with E-state index >= 15 is 0 Å². The molecule has 2 N–H and O–H groups in total. The molecule has 1 aliphatic rings. The van der Waals surface area contributed by atoms with Crippen molar-refractivity contribution in [1.82, 2.24) is 4.90 Å². The summed E-state index contributed by atoms with van der Waals surface area (Å²) in [5.41, 5.74) is 1.63. The number of aliphatic hydroxyl groups excluding tert-OH is 2. The van der Waals surface area contributed by atoms with Crippen LogP contribution in [0.1, 0.15) is 23.7 Å². The number of likely N-dealkylation sites (tertiary alicyclic amines) is 1. The quantitative estimate of drug-likeness (QED) is 0.906. The lowest BCUT2D eigenvalue weighted by Gasteiger charge is -2.26. The zero-order valence-electron chi connectivity index (χ0n) is 13.3. The average Bonchev–Trinajstić information content (AvgIpc) is 3.02. The van der Waals surface area contributed by atoms with Crippen molar-refractivity contribution in [2.24, 2.45) is 5.92 Å². The van der Waals surface area contributed by atoms with Crippen LogP contribution in [0.2, 0.25) is 0 Å². The molecule has 3 atom stereocenters. The molecular formula is C19H21NO4. The average molecular weight is 327 g/mol. The fraction of sp³-hybridized carbons (Fsp3) is 0.316. The SMILES string of the molecule is O=C(OCc1ccccc1)N1CC[C@H]([C@H](O)c2ccccc2)C1O. The molecule has 126 valence electrons. The summed E-state index contributed by atoms with van der Waals surface area (Å²) in [4.78, 5) is 13.5. The van der Waals surface area contributed by atoms with Crippen LogP contribution >= 0.6 is 0 Å². The number of aliphatic hydroxyl groups is 2. The zero-order chi connectivity index (χ0) is 16.9. The second-order valence-corrected chi connectivity index (χ2v) is 5.96. The van der Waals surface area contributed by atoms with E-state index in [0.29, 0.717) is 13.0 Å². The van der Waals surface area contributed by atoms with Gasteiger partial charge in [-0.3, -0.25) is 4.90 Å². The van der Waals surface area contributed by atoms with E-state index < -0.39 is 24.3 Å².